The SMILES string of the molecule is O=C(O)Cn1c(C2CCC2)nc2ccc(F)cc21. The normalized spacial score (nSPS) is 15.8. The molecule has 1 aromatic heterocycles. The predicted molar refractivity (Wildman–Crippen MR) is 63.9 cm³/mol. The fraction of sp³-hybridized carbons (Fsp3) is 0.385. The maximum atomic E-state index is 13.3. The van der Waals surface area contributed by atoms with Crippen LogP contribution in [0.2, 0.25) is 0 Å². The van der Waals surface area contributed by atoms with Gasteiger partial charge in [0.25, 0.3) is 0 Å². The maximum Gasteiger partial charge on any atom is 0.323 e. The number of halogens is 1. The van der Waals surface area contributed by atoms with E-state index in [0.29, 0.717) is 17.0 Å². The summed E-state index contributed by atoms with van der Waals surface area (Å²) < 4.78 is 14.9. The van der Waals surface area contributed by atoms with Crippen molar-refractivity contribution in [1.29, 1.82) is 0 Å². The lowest BCUT2D eigenvalue weighted by Crippen LogP contribution is -2.18. The number of fused-ring (bicyclic) bond motifs is 1. The first kappa shape index (κ1) is 11.2. The second-order valence-corrected chi connectivity index (χ2v) is 4.71. The zero-order chi connectivity index (χ0) is 12.7. The number of rotatable bonds is 3. The van der Waals surface area contributed by atoms with Crippen LogP contribution < -0.4 is 0 Å². The van der Waals surface area contributed by atoms with Crippen molar-refractivity contribution in [2.24, 2.45) is 0 Å². The van der Waals surface area contributed by atoms with Crippen LogP contribution in [-0.2, 0) is 11.3 Å². The van der Waals surface area contributed by atoms with Gasteiger partial charge in [-0.25, -0.2) is 9.37 Å². The second-order valence-electron chi connectivity index (χ2n) is 4.71. The molecule has 0 amide bonds. The number of hydrogen-bond donors (Lipinski definition) is 1. The summed E-state index contributed by atoms with van der Waals surface area (Å²) in [5.74, 6) is -0.197. The molecule has 1 fully saturated rings. The minimum Gasteiger partial charge on any atom is -0.480 e. The third kappa shape index (κ3) is 1.75. The minimum absolute atomic E-state index is 0.161. The molecule has 1 aliphatic rings. The molecule has 0 atom stereocenters. The molecule has 1 N–H and O–H groups in total. The third-order valence-electron chi connectivity index (χ3n) is 3.50. The summed E-state index contributed by atoms with van der Waals surface area (Å²) in [7, 11) is 0. The molecule has 0 unspecified atom stereocenters. The van der Waals surface area contributed by atoms with E-state index in [0.717, 1.165) is 25.1 Å². The highest BCUT2D eigenvalue weighted by Gasteiger charge is 2.26. The van der Waals surface area contributed by atoms with E-state index in [1.807, 2.05) is 0 Å². The largest absolute Gasteiger partial charge is 0.480 e. The lowest BCUT2D eigenvalue weighted by molar-refractivity contribution is -0.137. The van der Waals surface area contributed by atoms with Gasteiger partial charge in [0.15, 0.2) is 0 Å². The molecule has 94 valence electrons. The molecular weight excluding hydrogens is 235 g/mol. The Hall–Kier alpha value is -1.91. The zero-order valence-corrected chi connectivity index (χ0v) is 9.77. The van der Waals surface area contributed by atoms with E-state index >= 15 is 0 Å². The van der Waals surface area contributed by atoms with Gasteiger partial charge in [-0.05, 0) is 31.0 Å². The Balaban J connectivity index is 2.17. The number of imidazole rings is 1. The maximum absolute atomic E-state index is 13.3. The fourth-order valence-electron chi connectivity index (χ4n) is 2.39. The average molecular weight is 248 g/mol. The Morgan fingerprint density at radius 2 is 2.28 bits per heavy atom. The van der Waals surface area contributed by atoms with Crippen molar-refractivity contribution in [3.63, 3.8) is 0 Å². The van der Waals surface area contributed by atoms with Crippen molar-refractivity contribution in [1.82, 2.24) is 9.55 Å². The molecule has 2 aromatic rings. The van der Waals surface area contributed by atoms with Crippen LogP contribution >= 0.6 is 0 Å². The highest BCUT2D eigenvalue weighted by Crippen LogP contribution is 2.37. The second kappa shape index (κ2) is 4.08. The summed E-state index contributed by atoms with van der Waals surface area (Å²) in [6.45, 7) is -0.161. The van der Waals surface area contributed by atoms with E-state index in [9.17, 15) is 9.18 Å². The van der Waals surface area contributed by atoms with Gasteiger partial charge in [0.2, 0.25) is 0 Å². The van der Waals surface area contributed by atoms with Crippen molar-refractivity contribution >= 4 is 17.0 Å². The molecule has 0 bridgehead atoms. The first-order valence-corrected chi connectivity index (χ1v) is 6.02. The molecule has 3 rings (SSSR count). The van der Waals surface area contributed by atoms with Crippen LogP contribution in [-0.4, -0.2) is 20.6 Å². The summed E-state index contributed by atoms with van der Waals surface area (Å²) in [4.78, 5) is 15.4. The third-order valence-corrected chi connectivity index (χ3v) is 3.50. The molecule has 4 nitrogen and oxygen atoms in total. The quantitative estimate of drug-likeness (QED) is 0.908. The standard InChI is InChI=1S/C13H13FN2O2/c14-9-4-5-10-11(6-9)16(7-12(17)18)13(15-10)8-2-1-3-8/h4-6,8H,1-3,7H2,(H,17,18). The van der Waals surface area contributed by atoms with Gasteiger partial charge in [0.05, 0.1) is 11.0 Å². The monoisotopic (exact) mass is 248 g/mol. The fourth-order valence-corrected chi connectivity index (χ4v) is 2.39. The number of aliphatic carboxylic acids is 1. The van der Waals surface area contributed by atoms with Gasteiger partial charge >= 0.3 is 5.97 Å². The summed E-state index contributed by atoms with van der Waals surface area (Å²) in [6, 6.07) is 4.31. The Morgan fingerprint density at radius 1 is 1.50 bits per heavy atom. The first-order chi connectivity index (χ1) is 8.65. The summed E-state index contributed by atoms with van der Waals surface area (Å²) in [6.07, 6.45) is 3.21. The van der Waals surface area contributed by atoms with Crippen LogP contribution in [0.3, 0.4) is 0 Å². The Bertz CT molecular complexity index is 617. The van der Waals surface area contributed by atoms with E-state index in [1.54, 1.807) is 10.6 Å². The summed E-state index contributed by atoms with van der Waals surface area (Å²) >= 11 is 0. The molecule has 5 heteroatoms. The molecule has 0 aliphatic heterocycles. The zero-order valence-electron chi connectivity index (χ0n) is 9.77. The molecule has 0 radical (unpaired) electrons. The molecule has 1 saturated carbocycles. The van der Waals surface area contributed by atoms with Gasteiger partial charge in [-0.15, -0.1) is 0 Å². The van der Waals surface area contributed by atoms with Gasteiger partial charge < -0.3 is 9.67 Å². The van der Waals surface area contributed by atoms with E-state index in [4.69, 9.17) is 5.11 Å². The van der Waals surface area contributed by atoms with Crippen LogP contribution in [0.4, 0.5) is 4.39 Å². The van der Waals surface area contributed by atoms with Gasteiger partial charge in [0.1, 0.15) is 18.2 Å². The summed E-state index contributed by atoms with van der Waals surface area (Å²) in [5, 5.41) is 8.97. The number of carboxylic acids is 1. The van der Waals surface area contributed by atoms with E-state index in [-0.39, 0.29) is 12.4 Å². The van der Waals surface area contributed by atoms with Crippen molar-refractivity contribution in [3.8, 4) is 0 Å². The predicted octanol–water partition coefficient (Wildman–Crippen LogP) is 2.53. The number of hydrogen-bond acceptors (Lipinski definition) is 2. The number of carboxylic acid groups (broad SMARTS) is 1. The molecule has 0 saturated heterocycles. The molecular formula is C13H13FN2O2. The Labute approximate surface area is 103 Å². The Morgan fingerprint density at radius 3 is 2.89 bits per heavy atom. The van der Waals surface area contributed by atoms with Crippen molar-refractivity contribution in [2.75, 3.05) is 0 Å². The van der Waals surface area contributed by atoms with Gasteiger partial charge in [-0.1, -0.05) is 6.42 Å². The van der Waals surface area contributed by atoms with Crippen LogP contribution in [0.1, 0.15) is 31.0 Å². The van der Waals surface area contributed by atoms with E-state index in [1.165, 1.54) is 12.1 Å². The van der Waals surface area contributed by atoms with Gasteiger partial charge in [-0.2, -0.15) is 0 Å². The first-order valence-electron chi connectivity index (χ1n) is 6.02. The highest BCUT2D eigenvalue weighted by atomic mass is 19.1. The van der Waals surface area contributed by atoms with Crippen molar-refractivity contribution in [3.05, 3.63) is 29.8 Å². The average Bonchev–Trinajstić information content (AvgIpc) is 2.54. The van der Waals surface area contributed by atoms with Crippen molar-refractivity contribution in [2.45, 2.75) is 31.7 Å². The molecule has 18 heavy (non-hydrogen) atoms. The number of nitrogens with zero attached hydrogens (tertiary/aromatic N) is 2. The lowest BCUT2D eigenvalue weighted by Gasteiger charge is -2.25. The van der Waals surface area contributed by atoms with Crippen LogP contribution in [0.15, 0.2) is 18.2 Å². The summed E-state index contributed by atoms with van der Waals surface area (Å²) in [5.41, 5.74) is 1.24. The lowest BCUT2D eigenvalue weighted by atomic mass is 9.85. The van der Waals surface area contributed by atoms with Crippen LogP contribution in [0.5, 0.6) is 0 Å². The topological polar surface area (TPSA) is 55.1 Å². The number of aromatic nitrogens is 2. The highest BCUT2D eigenvalue weighted by molar-refractivity contribution is 5.78. The molecule has 1 aliphatic carbocycles. The smallest absolute Gasteiger partial charge is 0.323 e. The number of benzene rings is 1. The van der Waals surface area contributed by atoms with Crippen LogP contribution in [0, 0.1) is 5.82 Å². The van der Waals surface area contributed by atoms with E-state index < -0.39 is 5.97 Å². The Kier molecular flexibility index (Phi) is 2.54. The van der Waals surface area contributed by atoms with Gasteiger partial charge in [-0.3, -0.25) is 4.79 Å². The van der Waals surface area contributed by atoms with Crippen LogP contribution in [0.25, 0.3) is 11.0 Å². The minimum atomic E-state index is -0.931. The molecule has 0 spiro atoms. The van der Waals surface area contributed by atoms with Gasteiger partial charge in [0, 0.05) is 5.92 Å². The van der Waals surface area contributed by atoms with Crippen molar-refractivity contribution < 1.29 is 14.3 Å². The molecule has 1 heterocycles. The van der Waals surface area contributed by atoms with E-state index in [2.05, 4.69) is 4.98 Å². The number of carbonyl (C=O) groups is 1. The molecule has 1 aromatic carbocycles.